The molecule has 38 heavy (non-hydrogen) atoms. The molecule has 0 saturated heterocycles. The molecular weight excluding hydrogens is 482 g/mol. The first-order valence-corrected chi connectivity index (χ1v) is 11.8. The Morgan fingerprint density at radius 3 is 2.16 bits per heavy atom. The number of nitrogens with one attached hydrogen (secondary N) is 1. The van der Waals surface area contributed by atoms with E-state index in [1.54, 1.807) is 81.0 Å². The van der Waals surface area contributed by atoms with Gasteiger partial charge < -0.3 is 24.3 Å². The van der Waals surface area contributed by atoms with E-state index in [0.29, 0.717) is 40.9 Å². The van der Waals surface area contributed by atoms with Crippen LogP contribution in [0.25, 0.3) is 6.08 Å². The van der Waals surface area contributed by atoms with Gasteiger partial charge in [0.25, 0.3) is 5.91 Å². The van der Waals surface area contributed by atoms with E-state index in [0.717, 1.165) is 11.1 Å². The molecule has 0 bridgehead atoms. The lowest BCUT2D eigenvalue weighted by Crippen LogP contribution is -2.12. The summed E-state index contributed by atoms with van der Waals surface area (Å²) in [5, 5.41) is 2.81. The SMILES string of the molecule is COc1ccc(NC(=O)c2ccc(OC(=O)/C=C/c3ccc(OCc4ccccc4)c(OC)c3)cc2)cc1. The van der Waals surface area contributed by atoms with Gasteiger partial charge in [-0.2, -0.15) is 0 Å². The molecule has 192 valence electrons. The average molecular weight is 510 g/mol. The quantitative estimate of drug-likeness (QED) is 0.157. The van der Waals surface area contributed by atoms with E-state index in [2.05, 4.69) is 5.32 Å². The van der Waals surface area contributed by atoms with E-state index in [1.807, 2.05) is 36.4 Å². The fourth-order valence-corrected chi connectivity index (χ4v) is 3.51. The summed E-state index contributed by atoms with van der Waals surface area (Å²) in [5.74, 6) is 1.35. The van der Waals surface area contributed by atoms with Gasteiger partial charge >= 0.3 is 5.97 Å². The number of anilines is 1. The average Bonchev–Trinajstić information content (AvgIpc) is 2.96. The number of hydrogen-bond donors (Lipinski definition) is 1. The lowest BCUT2D eigenvalue weighted by Gasteiger charge is -2.11. The Kier molecular flexibility index (Phi) is 8.76. The highest BCUT2D eigenvalue weighted by atomic mass is 16.5. The second-order valence-corrected chi connectivity index (χ2v) is 8.15. The van der Waals surface area contributed by atoms with Crippen molar-refractivity contribution in [2.24, 2.45) is 0 Å². The smallest absolute Gasteiger partial charge is 0.336 e. The third-order valence-corrected chi connectivity index (χ3v) is 5.52. The molecular formula is C31H27NO6. The van der Waals surface area contributed by atoms with Gasteiger partial charge in [-0.25, -0.2) is 4.79 Å². The molecule has 7 heteroatoms. The summed E-state index contributed by atoms with van der Waals surface area (Å²) >= 11 is 0. The summed E-state index contributed by atoms with van der Waals surface area (Å²) in [6.45, 7) is 0.417. The zero-order chi connectivity index (χ0) is 26.7. The lowest BCUT2D eigenvalue weighted by atomic mass is 10.2. The molecule has 0 fully saturated rings. The topological polar surface area (TPSA) is 83.1 Å². The maximum atomic E-state index is 12.5. The Morgan fingerprint density at radius 1 is 0.763 bits per heavy atom. The van der Waals surface area contributed by atoms with Gasteiger partial charge in [0.15, 0.2) is 11.5 Å². The van der Waals surface area contributed by atoms with Crippen molar-refractivity contribution in [2.75, 3.05) is 19.5 Å². The highest BCUT2D eigenvalue weighted by molar-refractivity contribution is 6.04. The van der Waals surface area contributed by atoms with E-state index in [9.17, 15) is 9.59 Å². The third-order valence-electron chi connectivity index (χ3n) is 5.52. The van der Waals surface area contributed by atoms with Crippen LogP contribution in [0.1, 0.15) is 21.5 Å². The number of rotatable bonds is 10. The van der Waals surface area contributed by atoms with Crippen LogP contribution in [-0.2, 0) is 11.4 Å². The number of hydrogen-bond acceptors (Lipinski definition) is 6. The number of carbonyl (C=O) groups is 2. The van der Waals surface area contributed by atoms with E-state index in [-0.39, 0.29) is 5.91 Å². The lowest BCUT2D eigenvalue weighted by molar-refractivity contribution is -0.128. The van der Waals surface area contributed by atoms with Crippen molar-refractivity contribution in [3.05, 3.63) is 120 Å². The largest absolute Gasteiger partial charge is 0.497 e. The fraction of sp³-hybridized carbons (Fsp3) is 0.0968. The Labute approximate surface area is 221 Å². The first kappa shape index (κ1) is 26.0. The maximum Gasteiger partial charge on any atom is 0.336 e. The van der Waals surface area contributed by atoms with Crippen LogP contribution in [0.3, 0.4) is 0 Å². The molecule has 0 unspecified atom stereocenters. The number of methoxy groups -OCH3 is 2. The normalized spacial score (nSPS) is 10.6. The standard InChI is InChI=1S/C31H27NO6/c1-35-26-16-12-25(13-17-26)32-31(34)24-10-14-27(15-11-24)38-30(33)19-9-22-8-18-28(29(20-22)36-2)37-21-23-6-4-3-5-7-23/h3-20H,21H2,1-2H3,(H,32,34)/b19-9+. The van der Waals surface area contributed by atoms with Crippen molar-refractivity contribution in [1.29, 1.82) is 0 Å². The highest BCUT2D eigenvalue weighted by Gasteiger charge is 2.09. The molecule has 0 saturated carbocycles. The van der Waals surface area contributed by atoms with Gasteiger partial charge in [0.05, 0.1) is 14.2 Å². The molecule has 0 spiro atoms. The molecule has 0 aromatic heterocycles. The number of esters is 1. The van der Waals surface area contributed by atoms with Crippen LogP contribution in [-0.4, -0.2) is 26.1 Å². The maximum absolute atomic E-state index is 12.5. The molecule has 4 rings (SSSR count). The minimum absolute atomic E-state index is 0.280. The first-order valence-electron chi connectivity index (χ1n) is 11.8. The Morgan fingerprint density at radius 2 is 1.47 bits per heavy atom. The summed E-state index contributed by atoms with van der Waals surface area (Å²) in [7, 11) is 3.14. The second kappa shape index (κ2) is 12.8. The number of benzene rings is 4. The van der Waals surface area contributed by atoms with Crippen molar-refractivity contribution in [3.63, 3.8) is 0 Å². The Bertz CT molecular complexity index is 1400. The molecule has 0 radical (unpaired) electrons. The number of ether oxygens (including phenoxy) is 4. The minimum Gasteiger partial charge on any atom is -0.497 e. The zero-order valence-electron chi connectivity index (χ0n) is 21.0. The third kappa shape index (κ3) is 7.24. The molecule has 1 amide bonds. The van der Waals surface area contributed by atoms with Gasteiger partial charge in [-0.1, -0.05) is 36.4 Å². The molecule has 0 aliphatic carbocycles. The summed E-state index contributed by atoms with van der Waals surface area (Å²) in [6.07, 6.45) is 2.95. The first-order chi connectivity index (χ1) is 18.5. The zero-order valence-corrected chi connectivity index (χ0v) is 21.0. The van der Waals surface area contributed by atoms with Crippen molar-refractivity contribution < 1.29 is 28.5 Å². The molecule has 0 aliphatic heterocycles. The van der Waals surface area contributed by atoms with E-state index in [4.69, 9.17) is 18.9 Å². The molecule has 7 nitrogen and oxygen atoms in total. The van der Waals surface area contributed by atoms with Crippen LogP contribution in [0.5, 0.6) is 23.0 Å². The van der Waals surface area contributed by atoms with Crippen molar-refractivity contribution in [3.8, 4) is 23.0 Å². The molecule has 0 aliphatic rings. The minimum atomic E-state index is -0.552. The Hall–Kier alpha value is -5.04. The summed E-state index contributed by atoms with van der Waals surface area (Å²) < 4.78 is 21.8. The van der Waals surface area contributed by atoms with E-state index in [1.165, 1.54) is 6.08 Å². The van der Waals surface area contributed by atoms with Crippen molar-refractivity contribution in [1.82, 2.24) is 0 Å². The summed E-state index contributed by atoms with van der Waals surface area (Å²) in [5.41, 5.74) is 2.87. The molecule has 4 aromatic rings. The Balaban J connectivity index is 1.31. The van der Waals surface area contributed by atoms with Gasteiger partial charge in [0.2, 0.25) is 0 Å². The van der Waals surface area contributed by atoms with E-state index < -0.39 is 5.97 Å². The second-order valence-electron chi connectivity index (χ2n) is 8.15. The number of amides is 1. The van der Waals surface area contributed by atoms with Gasteiger partial charge in [-0.15, -0.1) is 0 Å². The van der Waals surface area contributed by atoms with Gasteiger partial charge in [0.1, 0.15) is 18.1 Å². The highest BCUT2D eigenvalue weighted by Crippen LogP contribution is 2.29. The molecule has 1 N–H and O–H groups in total. The van der Waals surface area contributed by atoms with Crippen LogP contribution in [0.15, 0.2) is 103 Å². The monoisotopic (exact) mass is 509 g/mol. The number of carbonyl (C=O) groups excluding carboxylic acids is 2. The summed E-state index contributed by atoms with van der Waals surface area (Å²) in [6, 6.07) is 28.6. The van der Waals surface area contributed by atoms with Gasteiger partial charge in [-0.3, -0.25) is 4.79 Å². The van der Waals surface area contributed by atoms with Crippen LogP contribution in [0.2, 0.25) is 0 Å². The van der Waals surface area contributed by atoms with Gasteiger partial charge in [0, 0.05) is 17.3 Å². The van der Waals surface area contributed by atoms with Crippen LogP contribution >= 0.6 is 0 Å². The molecule has 0 atom stereocenters. The fourth-order valence-electron chi connectivity index (χ4n) is 3.51. The van der Waals surface area contributed by atoms with Gasteiger partial charge in [-0.05, 0) is 77.9 Å². The predicted octanol–water partition coefficient (Wildman–Crippen LogP) is 6.15. The van der Waals surface area contributed by atoms with Crippen LogP contribution in [0.4, 0.5) is 5.69 Å². The van der Waals surface area contributed by atoms with Crippen molar-refractivity contribution in [2.45, 2.75) is 6.61 Å². The van der Waals surface area contributed by atoms with Crippen molar-refractivity contribution >= 4 is 23.6 Å². The van der Waals surface area contributed by atoms with E-state index >= 15 is 0 Å². The summed E-state index contributed by atoms with van der Waals surface area (Å²) in [4.78, 5) is 24.8. The van der Waals surface area contributed by atoms with Crippen LogP contribution < -0.4 is 24.3 Å². The molecule has 4 aromatic carbocycles. The predicted molar refractivity (Wildman–Crippen MR) is 146 cm³/mol. The molecule has 0 heterocycles. The van der Waals surface area contributed by atoms with Crippen LogP contribution in [0, 0.1) is 0 Å².